The normalized spacial score (nSPS) is 16.4. The number of imidazole rings is 1. The molecule has 0 amide bonds. The van der Waals surface area contributed by atoms with Crippen LogP contribution in [-0.2, 0) is 32.6 Å². The van der Waals surface area contributed by atoms with Crippen molar-refractivity contribution in [3.63, 3.8) is 0 Å². The van der Waals surface area contributed by atoms with Gasteiger partial charge in [-0.3, -0.25) is 9.69 Å². The lowest BCUT2D eigenvalue weighted by Crippen LogP contribution is -2.37. The number of primary sulfonamides is 1. The average Bonchev–Trinajstić information content (AvgIpc) is 3.02. The third-order valence-electron chi connectivity index (χ3n) is 5.44. The van der Waals surface area contributed by atoms with E-state index in [0.29, 0.717) is 18.7 Å². The van der Waals surface area contributed by atoms with E-state index in [2.05, 4.69) is 16.4 Å². The van der Waals surface area contributed by atoms with E-state index in [1.165, 1.54) is 6.07 Å². The van der Waals surface area contributed by atoms with Gasteiger partial charge >= 0.3 is 5.97 Å². The first-order valence-electron chi connectivity index (χ1n) is 10.2. The number of benzene rings is 1. The van der Waals surface area contributed by atoms with Crippen LogP contribution in [0.3, 0.4) is 0 Å². The zero-order valence-corrected chi connectivity index (χ0v) is 18.0. The fourth-order valence-corrected chi connectivity index (χ4v) is 4.34. The van der Waals surface area contributed by atoms with Crippen molar-refractivity contribution in [3.8, 4) is 0 Å². The fraction of sp³-hybridized carbons (Fsp3) is 0.600. The van der Waals surface area contributed by atoms with E-state index in [1.807, 2.05) is 6.92 Å². The summed E-state index contributed by atoms with van der Waals surface area (Å²) in [6.07, 6.45) is 3.63. The summed E-state index contributed by atoms with van der Waals surface area (Å²) in [5.41, 5.74) is 1.56. The Hall–Kier alpha value is -1.97. The number of aromatic nitrogens is 2. The Kier molecular flexibility index (Phi) is 6.92. The van der Waals surface area contributed by atoms with Crippen molar-refractivity contribution in [2.45, 2.75) is 57.5 Å². The summed E-state index contributed by atoms with van der Waals surface area (Å²) >= 11 is 0. The Balaban J connectivity index is 1.80. The molecule has 1 aromatic carbocycles. The number of sulfonamides is 1. The quantitative estimate of drug-likeness (QED) is 0.654. The van der Waals surface area contributed by atoms with Crippen molar-refractivity contribution in [1.29, 1.82) is 0 Å². The van der Waals surface area contributed by atoms with Crippen LogP contribution in [0, 0.1) is 5.92 Å². The van der Waals surface area contributed by atoms with Gasteiger partial charge in [-0.05, 0) is 57.5 Å². The number of carbonyl (C=O) groups is 1. The maximum Gasteiger partial charge on any atom is 0.309 e. The molecule has 1 aliphatic heterocycles. The molecule has 0 spiro atoms. The Morgan fingerprint density at radius 1 is 1.28 bits per heavy atom. The topological polar surface area (TPSA) is 108 Å². The molecule has 1 aliphatic rings. The molecule has 9 heteroatoms. The molecule has 0 unspecified atom stereocenters. The number of aryl methyl sites for hydroxylation is 1. The number of ether oxygens (including phenoxy) is 1. The van der Waals surface area contributed by atoms with E-state index < -0.39 is 10.0 Å². The predicted molar refractivity (Wildman–Crippen MR) is 111 cm³/mol. The number of fused-ring (bicyclic) bond motifs is 1. The van der Waals surface area contributed by atoms with Gasteiger partial charge in [0.25, 0.3) is 0 Å². The number of hydrogen-bond donors (Lipinski definition) is 1. The molecule has 2 aromatic rings. The van der Waals surface area contributed by atoms with Gasteiger partial charge in [-0.2, -0.15) is 0 Å². The highest BCUT2D eigenvalue weighted by molar-refractivity contribution is 7.89. The number of esters is 1. The second-order valence-electron chi connectivity index (χ2n) is 7.53. The molecule has 3 rings (SSSR count). The second-order valence-corrected chi connectivity index (χ2v) is 9.09. The Bertz CT molecular complexity index is 962. The van der Waals surface area contributed by atoms with Crippen LogP contribution in [0.15, 0.2) is 23.1 Å². The van der Waals surface area contributed by atoms with Gasteiger partial charge in [0.15, 0.2) is 0 Å². The maximum absolute atomic E-state index is 11.9. The second kappa shape index (κ2) is 9.23. The van der Waals surface area contributed by atoms with Crippen molar-refractivity contribution in [2.24, 2.45) is 11.1 Å². The fourth-order valence-electron chi connectivity index (χ4n) is 3.81. The van der Waals surface area contributed by atoms with Crippen LogP contribution in [0.5, 0.6) is 0 Å². The highest BCUT2D eigenvalue weighted by atomic mass is 32.2. The van der Waals surface area contributed by atoms with Crippen LogP contribution in [-0.4, -0.2) is 48.5 Å². The van der Waals surface area contributed by atoms with Crippen LogP contribution in [0.1, 0.15) is 45.4 Å². The van der Waals surface area contributed by atoms with Gasteiger partial charge in [0.05, 0.1) is 35.0 Å². The van der Waals surface area contributed by atoms with Gasteiger partial charge in [0.2, 0.25) is 10.0 Å². The summed E-state index contributed by atoms with van der Waals surface area (Å²) in [5.74, 6) is 0.787. The summed E-state index contributed by atoms with van der Waals surface area (Å²) in [5, 5.41) is 5.27. The molecule has 160 valence electrons. The molecular formula is C20H30N4O4S. The summed E-state index contributed by atoms with van der Waals surface area (Å²) in [4.78, 5) is 19.0. The highest BCUT2D eigenvalue weighted by Gasteiger charge is 2.27. The molecule has 0 bridgehead atoms. The number of piperidine rings is 1. The Labute approximate surface area is 172 Å². The SMILES string of the molecule is CCCCn1c(CN2CCC(C(=O)OCC)CC2)nc2cc(S(N)(=O)=O)ccc21. The van der Waals surface area contributed by atoms with Crippen molar-refractivity contribution in [2.75, 3.05) is 19.7 Å². The number of unbranched alkanes of at least 4 members (excludes halogenated alkanes) is 1. The number of likely N-dealkylation sites (tertiary alicyclic amines) is 1. The molecule has 0 atom stereocenters. The number of carbonyl (C=O) groups excluding carboxylic acids is 1. The number of nitrogens with zero attached hydrogens (tertiary/aromatic N) is 3. The minimum Gasteiger partial charge on any atom is -0.466 e. The van der Waals surface area contributed by atoms with Gasteiger partial charge in [0, 0.05) is 6.54 Å². The van der Waals surface area contributed by atoms with E-state index in [1.54, 1.807) is 12.1 Å². The minimum absolute atomic E-state index is 0.0255. The molecular weight excluding hydrogens is 392 g/mol. The van der Waals surface area contributed by atoms with Crippen LogP contribution in [0.4, 0.5) is 0 Å². The van der Waals surface area contributed by atoms with E-state index in [-0.39, 0.29) is 16.8 Å². The number of rotatable bonds is 8. The summed E-state index contributed by atoms with van der Waals surface area (Å²) in [7, 11) is -3.76. The van der Waals surface area contributed by atoms with E-state index in [0.717, 1.165) is 56.7 Å². The lowest BCUT2D eigenvalue weighted by molar-refractivity contribution is -0.149. The molecule has 1 fully saturated rings. The van der Waals surface area contributed by atoms with Crippen molar-refractivity contribution < 1.29 is 17.9 Å². The highest BCUT2D eigenvalue weighted by Crippen LogP contribution is 2.24. The summed E-state index contributed by atoms with van der Waals surface area (Å²) in [6.45, 7) is 7.50. The van der Waals surface area contributed by atoms with E-state index in [4.69, 9.17) is 14.9 Å². The standard InChI is InChI=1S/C20H30N4O4S/c1-3-5-10-24-18-7-6-16(29(21,26)27)13-17(18)22-19(24)14-23-11-8-15(9-12-23)20(25)28-4-2/h6-7,13,15H,3-5,8-12,14H2,1-2H3,(H2,21,26,27). The monoisotopic (exact) mass is 422 g/mol. The predicted octanol–water partition coefficient (Wildman–Crippen LogP) is 2.26. The van der Waals surface area contributed by atoms with Gasteiger partial charge in [-0.15, -0.1) is 0 Å². The Morgan fingerprint density at radius 2 is 2.00 bits per heavy atom. The van der Waals surface area contributed by atoms with Crippen LogP contribution in [0.25, 0.3) is 11.0 Å². The van der Waals surface area contributed by atoms with E-state index in [9.17, 15) is 13.2 Å². The zero-order chi connectivity index (χ0) is 21.0. The van der Waals surface area contributed by atoms with Gasteiger partial charge in [-0.25, -0.2) is 18.5 Å². The van der Waals surface area contributed by atoms with Gasteiger partial charge in [-0.1, -0.05) is 13.3 Å². The molecule has 0 aliphatic carbocycles. The number of hydrogen-bond acceptors (Lipinski definition) is 6. The largest absolute Gasteiger partial charge is 0.466 e. The summed E-state index contributed by atoms with van der Waals surface area (Å²) in [6, 6.07) is 4.87. The minimum atomic E-state index is -3.76. The third-order valence-corrected chi connectivity index (χ3v) is 6.35. The first-order valence-corrected chi connectivity index (χ1v) is 11.8. The third kappa shape index (κ3) is 5.15. The lowest BCUT2D eigenvalue weighted by atomic mass is 9.97. The summed E-state index contributed by atoms with van der Waals surface area (Å²) < 4.78 is 30.7. The molecule has 2 heterocycles. The van der Waals surface area contributed by atoms with E-state index >= 15 is 0 Å². The molecule has 1 aromatic heterocycles. The van der Waals surface area contributed by atoms with Gasteiger partial charge in [0.1, 0.15) is 5.82 Å². The number of nitrogens with two attached hydrogens (primary N) is 1. The van der Waals surface area contributed by atoms with Crippen LogP contribution in [0.2, 0.25) is 0 Å². The zero-order valence-electron chi connectivity index (χ0n) is 17.1. The molecule has 2 N–H and O–H groups in total. The van der Waals surface area contributed by atoms with Crippen molar-refractivity contribution in [3.05, 3.63) is 24.0 Å². The molecule has 29 heavy (non-hydrogen) atoms. The Morgan fingerprint density at radius 3 is 2.62 bits per heavy atom. The molecule has 0 saturated carbocycles. The lowest BCUT2D eigenvalue weighted by Gasteiger charge is -2.30. The maximum atomic E-state index is 11.9. The van der Waals surface area contributed by atoms with Crippen molar-refractivity contribution in [1.82, 2.24) is 14.5 Å². The van der Waals surface area contributed by atoms with Crippen LogP contribution >= 0.6 is 0 Å². The first-order chi connectivity index (χ1) is 13.8. The smallest absolute Gasteiger partial charge is 0.309 e. The van der Waals surface area contributed by atoms with Gasteiger partial charge < -0.3 is 9.30 Å². The molecule has 8 nitrogen and oxygen atoms in total. The average molecular weight is 423 g/mol. The van der Waals surface area contributed by atoms with Crippen molar-refractivity contribution >= 4 is 27.0 Å². The molecule has 1 saturated heterocycles. The molecule has 0 radical (unpaired) electrons. The van der Waals surface area contributed by atoms with Crippen LogP contribution < -0.4 is 5.14 Å². The first kappa shape index (κ1) is 21.7.